The first-order chi connectivity index (χ1) is 8.60. The van der Waals surface area contributed by atoms with Crippen LogP contribution in [0.3, 0.4) is 0 Å². The van der Waals surface area contributed by atoms with Gasteiger partial charge in [0.1, 0.15) is 5.82 Å². The summed E-state index contributed by atoms with van der Waals surface area (Å²) < 4.78 is 6.84. The number of nitrogens with one attached hydrogen (secondary N) is 1. The van der Waals surface area contributed by atoms with Crippen LogP contribution in [0.5, 0.6) is 11.5 Å². The van der Waals surface area contributed by atoms with E-state index in [-0.39, 0.29) is 11.8 Å². The summed E-state index contributed by atoms with van der Waals surface area (Å²) >= 11 is 0. The van der Waals surface area contributed by atoms with Gasteiger partial charge >= 0.3 is 0 Å². The average Bonchev–Trinajstić information content (AvgIpc) is 2.75. The van der Waals surface area contributed by atoms with E-state index in [1.165, 1.54) is 7.11 Å². The molecule has 2 rings (SSSR count). The molecule has 0 spiro atoms. The van der Waals surface area contributed by atoms with Crippen LogP contribution >= 0.6 is 0 Å². The third kappa shape index (κ3) is 2.56. The average molecular weight is 247 g/mol. The largest absolute Gasteiger partial charge is 0.504 e. The molecule has 1 atom stereocenters. The number of phenols is 1. The highest BCUT2D eigenvalue weighted by Crippen LogP contribution is 2.29. The lowest BCUT2D eigenvalue weighted by molar-refractivity contribution is 0.373. The molecule has 0 aliphatic heterocycles. The van der Waals surface area contributed by atoms with E-state index in [1.807, 2.05) is 38.4 Å². The molecular formula is C13H17N3O2. The first-order valence-electron chi connectivity index (χ1n) is 5.73. The van der Waals surface area contributed by atoms with Crippen LogP contribution in [0.15, 0.2) is 30.5 Å². The van der Waals surface area contributed by atoms with E-state index >= 15 is 0 Å². The van der Waals surface area contributed by atoms with Crippen LogP contribution < -0.4 is 10.1 Å². The van der Waals surface area contributed by atoms with Gasteiger partial charge in [-0.1, -0.05) is 6.07 Å². The zero-order chi connectivity index (χ0) is 13.1. The van der Waals surface area contributed by atoms with Crippen molar-refractivity contribution in [2.45, 2.75) is 13.0 Å². The molecule has 96 valence electrons. The highest BCUT2D eigenvalue weighted by Gasteiger charge is 2.10. The summed E-state index contributed by atoms with van der Waals surface area (Å²) in [5.74, 6) is 1.44. The standard InChI is InChI=1S/C13H17N3O2/c1-9(14-13-6-7-16(2)15-13)10-4-5-11(17)12(8-10)18-3/h4-9,17H,1-3H3,(H,14,15). The molecule has 18 heavy (non-hydrogen) atoms. The van der Waals surface area contributed by atoms with Crippen molar-refractivity contribution in [3.8, 4) is 11.5 Å². The summed E-state index contributed by atoms with van der Waals surface area (Å²) in [7, 11) is 3.41. The number of nitrogens with zero attached hydrogens (tertiary/aromatic N) is 2. The Morgan fingerprint density at radius 3 is 2.78 bits per heavy atom. The van der Waals surface area contributed by atoms with Crippen molar-refractivity contribution >= 4 is 5.82 Å². The van der Waals surface area contributed by atoms with Crippen molar-refractivity contribution in [1.29, 1.82) is 0 Å². The van der Waals surface area contributed by atoms with E-state index in [1.54, 1.807) is 10.7 Å². The van der Waals surface area contributed by atoms with Crippen LogP contribution in [-0.4, -0.2) is 22.0 Å². The van der Waals surface area contributed by atoms with Gasteiger partial charge in [-0.3, -0.25) is 4.68 Å². The zero-order valence-corrected chi connectivity index (χ0v) is 10.7. The van der Waals surface area contributed by atoms with Crippen molar-refractivity contribution in [2.75, 3.05) is 12.4 Å². The molecule has 1 heterocycles. The van der Waals surface area contributed by atoms with Crippen LogP contribution in [0.4, 0.5) is 5.82 Å². The van der Waals surface area contributed by atoms with E-state index < -0.39 is 0 Å². The Balaban J connectivity index is 2.15. The monoisotopic (exact) mass is 247 g/mol. The van der Waals surface area contributed by atoms with Gasteiger partial charge in [0.15, 0.2) is 11.5 Å². The lowest BCUT2D eigenvalue weighted by Gasteiger charge is -2.15. The Kier molecular flexibility index (Phi) is 3.41. The van der Waals surface area contributed by atoms with E-state index in [4.69, 9.17) is 4.74 Å². The minimum atomic E-state index is 0.0781. The molecule has 0 aliphatic carbocycles. The third-order valence-electron chi connectivity index (χ3n) is 2.78. The summed E-state index contributed by atoms with van der Waals surface area (Å²) in [5, 5.41) is 17.1. The van der Waals surface area contributed by atoms with Gasteiger partial charge in [0.05, 0.1) is 13.2 Å². The van der Waals surface area contributed by atoms with Gasteiger partial charge in [-0.2, -0.15) is 5.10 Å². The van der Waals surface area contributed by atoms with Crippen molar-refractivity contribution in [3.05, 3.63) is 36.0 Å². The Morgan fingerprint density at radius 1 is 1.39 bits per heavy atom. The van der Waals surface area contributed by atoms with Crippen LogP contribution in [-0.2, 0) is 7.05 Å². The molecule has 5 heteroatoms. The smallest absolute Gasteiger partial charge is 0.160 e. The molecule has 5 nitrogen and oxygen atoms in total. The predicted molar refractivity (Wildman–Crippen MR) is 69.9 cm³/mol. The molecule has 0 saturated carbocycles. The van der Waals surface area contributed by atoms with Crippen LogP contribution in [0.25, 0.3) is 0 Å². The van der Waals surface area contributed by atoms with Crippen molar-refractivity contribution in [3.63, 3.8) is 0 Å². The first-order valence-corrected chi connectivity index (χ1v) is 5.73. The predicted octanol–water partition coefficient (Wildman–Crippen LogP) is 2.31. The van der Waals surface area contributed by atoms with Gasteiger partial charge in [0, 0.05) is 19.3 Å². The number of phenolic OH excluding ortho intramolecular Hbond substituents is 1. The number of aromatic nitrogens is 2. The summed E-state index contributed by atoms with van der Waals surface area (Å²) in [5.41, 5.74) is 1.02. The zero-order valence-electron chi connectivity index (χ0n) is 10.7. The Hall–Kier alpha value is -2.17. The van der Waals surface area contributed by atoms with Gasteiger partial charge in [-0.05, 0) is 24.6 Å². The molecule has 0 radical (unpaired) electrons. The van der Waals surface area contributed by atoms with Crippen molar-refractivity contribution in [2.24, 2.45) is 7.05 Å². The van der Waals surface area contributed by atoms with Crippen molar-refractivity contribution < 1.29 is 9.84 Å². The number of rotatable bonds is 4. The molecule has 1 aromatic carbocycles. The molecule has 0 aliphatic rings. The van der Waals surface area contributed by atoms with Gasteiger partial charge in [-0.15, -0.1) is 0 Å². The number of hydrogen-bond acceptors (Lipinski definition) is 4. The fraction of sp³-hybridized carbons (Fsp3) is 0.308. The lowest BCUT2D eigenvalue weighted by atomic mass is 10.1. The van der Waals surface area contributed by atoms with Gasteiger partial charge < -0.3 is 15.2 Å². The number of ether oxygens (including phenoxy) is 1. The molecule has 0 bridgehead atoms. The number of methoxy groups -OCH3 is 1. The van der Waals surface area contributed by atoms with Gasteiger partial charge in [0.2, 0.25) is 0 Å². The van der Waals surface area contributed by atoms with Gasteiger partial charge in [0.25, 0.3) is 0 Å². The molecular weight excluding hydrogens is 230 g/mol. The molecule has 2 aromatic rings. The Labute approximate surface area is 106 Å². The molecule has 0 amide bonds. The topological polar surface area (TPSA) is 59.3 Å². The third-order valence-corrected chi connectivity index (χ3v) is 2.78. The minimum absolute atomic E-state index is 0.0781. The number of benzene rings is 1. The summed E-state index contributed by atoms with van der Waals surface area (Å²) in [6.07, 6.45) is 1.88. The first kappa shape index (κ1) is 12.3. The fourth-order valence-corrected chi connectivity index (χ4v) is 1.76. The number of anilines is 1. The van der Waals surface area contributed by atoms with Crippen LogP contribution in [0.2, 0.25) is 0 Å². The maximum absolute atomic E-state index is 9.55. The number of aromatic hydroxyl groups is 1. The quantitative estimate of drug-likeness (QED) is 0.870. The second-order valence-corrected chi connectivity index (χ2v) is 4.17. The molecule has 0 fully saturated rings. The molecule has 1 aromatic heterocycles. The maximum atomic E-state index is 9.55. The van der Waals surface area contributed by atoms with Crippen molar-refractivity contribution in [1.82, 2.24) is 9.78 Å². The van der Waals surface area contributed by atoms with Crippen LogP contribution in [0, 0.1) is 0 Å². The molecule has 1 unspecified atom stereocenters. The normalized spacial score (nSPS) is 12.2. The summed E-state index contributed by atoms with van der Waals surface area (Å²) in [6.45, 7) is 2.03. The summed E-state index contributed by atoms with van der Waals surface area (Å²) in [6, 6.07) is 7.29. The van der Waals surface area contributed by atoms with E-state index in [0.717, 1.165) is 11.4 Å². The Bertz CT molecular complexity index is 537. The van der Waals surface area contributed by atoms with Gasteiger partial charge in [-0.25, -0.2) is 0 Å². The van der Waals surface area contributed by atoms with Crippen LogP contribution in [0.1, 0.15) is 18.5 Å². The maximum Gasteiger partial charge on any atom is 0.160 e. The summed E-state index contributed by atoms with van der Waals surface area (Å²) in [4.78, 5) is 0. The molecule has 2 N–H and O–H groups in total. The van der Waals surface area contributed by atoms with E-state index in [2.05, 4.69) is 10.4 Å². The Morgan fingerprint density at radius 2 is 2.17 bits per heavy atom. The minimum Gasteiger partial charge on any atom is -0.504 e. The lowest BCUT2D eigenvalue weighted by Crippen LogP contribution is -2.07. The number of hydrogen-bond donors (Lipinski definition) is 2. The van der Waals surface area contributed by atoms with E-state index in [9.17, 15) is 5.11 Å². The fourth-order valence-electron chi connectivity index (χ4n) is 1.76. The number of aryl methyl sites for hydroxylation is 1. The second kappa shape index (κ2) is 5.00. The van der Waals surface area contributed by atoms with E-state index in [0.29, 0.717) is 5.75 Å². The second-order valence-electron chi connectivity index (χ2n) is 4.17. The highest BCUT2D eigenvalue weighted by molar-refractivity contribution is 5.45. The molecule has 0 saturated heterocycles. The SMILES string of the molecule is COc1cc(C(C)Nc2ccn(C)n2)ccc1O. The highest BCUT2D eigenvalue weighted by atomic mass is 16.5.